The van der Waals surface area contributed by atoms with Crippen LogP contribution in [0.3, 0.4) is 0 Å². The summed E-state index contributed by atoms with van der Waals surface area (Å²) in [7, 11) is -10.2. The molecule has 24 nitrogen and oxygen atoms in total. The highest BCUT2D eigenvalue weighted by Crippen LogP contribution is 2.54. The van der Waals surface area contributed by atoms with Crippen LogP contribution in [0.4, 0.5) is 11.8 Å². The number of aromatic nitrogens is 8. The highest BCUT2D eigenvalue weighted by Gasteiger charge is 2.54. The highest BCUT2D eigenvalue weighted by atomic mass is 31.2. The first-order chi connectivity index (χ1) is 22.9. The molecular weight excluding hydrogens is 690 g/mol. The minimum atomic E-state index is -5.13. The number of anilines is 2. The van der Waals surface area contributed by atoms with Crippen LogP contribution in [0.1, 0.15) is 12.5 Å². The molecule has 0 saturated carbocycles. The van der Waals surface area contributed by atoms with Crippen LogP contribution in [0.2, 0.25) is 0 Å². The van der Waals surface area contributed by atoms with E-state index in [1.54, 1.807) is 0 Å². The largest absolute Gasteiger partial charge is 0.472 e. The summed E-state index contributed by atoms with van der Waals surface area (Å²) in [5.74, 6) is -0.238. The Morgan fingerprint density at radius 1 is 0.917 bits per heavy atom. The van der Waals surface area contributed by atoms with Gasteiger partial charge in [0.15, 0.2) is 35.1 Å². The third-order valence-corrected chi connectivity index (χ3v) is 9.67. The van der Waals surface area contributed by atoms with Crippen molar-refractivity contribution in [3.8, 4) is 0 Å². The standard InChI is InChI=1S/C22H28N10O14P2/c23-16-10-17(26-5-25-16)31(6-27-10)21-15(40-2-1-33)13-9(44-21)4-42-48(38,39)46-14-12(34)8(3-41-47(36,37)45-13)43-20(14)32-7-28-11-18(32)29-22(24)30-19(11)35/h5-9,12-15,20-21,33-34H,1-4H2,(H,36,37)(H,38,39)(H2,23,25,26)(H3,24,29,30,35). The van der Waals surface area contributed by atoms with Crippen LogP contribution in [0.5, 0.6) is 0 Å². The molecule has 9 N–H and O–H groups in total. The molecule has 0 spiro atoms. The average Bonchev–Trinajstić information content (AvgIpc) is 3.79. The number of imidazole rings is 2. The van der Waals surface area contributed by atoms with E-state index < -0.39 is 90.1 Å². The van der Waals surface area contributed by atoms with Crippen molar-refractivity contribution in [3.05, 3.63) is 29.3 Å². The molecule has 3 fully saturated rings. The van der Waals surface area contributed by atoms with Crippen LogP contribution in [-0.2, 0) is 41.4 Å². The van der Waals surface area contributed by atoms with E-state index >= 15 is 0 Å². The summed E-state index contributed by atoms with van der Waals surface area (Å²) in [4.78, 5) is 56.5. The minimum Gasteiger partial charge on any atom is -0.394 e. The zero-order chi connectivity index (χ0) is 34.0. The molecule has 10 atom stereocenters. The number of hydrogen-bond acceptors (Lipinski definition) is 19. The summed E-state index contributed by atoms with van der Waals surface area (Å²) in [6, 6.07) is 0. The van der Waals surface area contributed by atoms with E-state index in [-0.39, 0.29) is 40.7 Å². The Balaban J connectivity index is 1.23. The van der Waals surface area contributed by atoms with E-state index in [2.05, 4.69) is 29.9 Å². The molecule has 0 aromatic carbocycles. The second-order valence-electron chi connectivity index (χ2n) is 10.7. The number of aliphatic hydroxyl groups excluding tert-OH is 2. The third-order valence-electron chi connectivity index (χ3n) is 7.70. The zero-order valence-electron chi connectivity index (χ0n) is 24.2. The average molecular weight is 718 g/mol. The van der Waals surface area contributed by atoms with Crippen molar-refractivity contribution in [2.24, 2.45) is 0 Å². The molecule has 0 radical (unpaired) electrons. The van der Waals surface area contributed by atoms with Crippen LogP contribution < -0.4 is 17.0 Å². The second kappa shape index (κ2) is 12.4. The van der Waals surface area contributed by atoms with Crippen molar-refractivity contribution in [1.29, 1.82) is 0 Å². The Bertz CT molecular complexity index is 1990. The van der Waals surface area contributed by atoms with E-state index in [1.807, 2.05) is 0 Å². The van der Waals surface area contributed by atoms with Crippen LogP contribution in [-0.4, -0.2) is 122 Å². The van der Waals surface area contributed by atoms with Gasteiger partial charge in [0.2, 0.25) is 5.95 Å². The lowest BCUT2D eigenvalue weighted by molar-refractivity contribution is -0.0771. The molecule has 7 heterocycles. The molecule has 48 heavy (non-hydrogen) atoms. The van der Waals surface area contributed by atoms with Gasteiger partial charge in [0.05, 0.1) is 39.1 Å². The van der Waals surface area contributed by atoms with Crippen LogP contribution in [0, 0.1) is 0 Å². The maximum Gasteiger partial charge on any atom is 0.472 e. The van der Waals surface area contributed by atoms with Crippen molar-refractivity contribution < 1.29 is 61.4 Å². The van der Waals surface area contributed by atoms with Gasteiger partial charge in [-0.2, -0.15) is 4.98 Å². The molecule has 3 aliphatic rings. The number of nitrogens with two attached hydrogens (primary N) is 2. The van der Waals surface area contributed by atoms with Gasteiger partial charge in [-0.15, -0.1) is 0 Å². The number of nitrogen functional groups attached to an aromatic ring is 2. The first-order valence-electron chi connectivity index (χ1n) is 14.0. The number of phosphoric acid groups is 2. The molecule has 3 aliphatic heterocycles. The fourth-order valence-electron chi connectivity index (χ4n) is 5.64. The molecule has 26 heteroatoms. The molecule has 7 rings (SSSR count). The quantitative estimate of drug-likeness (QED) is 0.106. The number of ether oxygens (including phenoxy) is 3. The summed E-state index contributed by atoms with van der Waals surface area (Å²) in [5, 5.41) is 20.6. The number of phosphoric ester groups is 2. The Labute approximate surface area is 266 Å². The molecule has 260 valence electrons. The van der Waals surface area contributed by atoms with Gasteiger partial charge in [0.1, 0.15) is 48.5 Å². The molecule has 3 saturated heterocycles. The zero-order valence-corrected chi connectivity index (χ0v) is 26.0. The van der Waals surface area contributed by atoms with Crippen molar-refractivity contribution >= 4 is 49.7 Å². The van der Waals surface area contributed by atoms with Crippen LogP contribution in [0.15, 0.2) is 23.8 Å². The van der Waals surface area contributed by atoms with E-state index in [0.717, 1.165) is 10.9 Å². The number of aliphatic hydroxyl groups is 2. The molecule has 2 bridgehead atoms. The maximum atomic E-state index is 13.4. The third kappa shape index (κ3) is 6.00. The lowest BCUT2D eigenvalue weighted by Gasteiger charge is -2.27. The number of hydrogen-bond donors (Lipinski definition) is 7. The molecule has 0 aliphatic carbocycles. The SMILES string of the molecule is Nc1nc2c(ncn2C2OC3COP(=O)(O)OC4C(COP(=O)(O)OC2C3O)OC(n2cnc3c(N)ncnc32)C4OCCO)c(=O)[nH]1. The lowest BCUT2D eigenvalue weighted by Crippen LogP contribution is -2.38. The Hall–Kier alpha value is -3.48. The number of aromatic amines is 1. The normalized spacial score (nSPS) is 36.1. The van der Waals surface area contributed by atoms with Crippen molar-refractivity contribution in [3.63, 3.8) is 0 Å². The monoisotopic (exact) mass is 718 g/mol. The molecular formula is C22H28N10O14P2. The van der Waals surface area contributed by atoms with Gasteiger partial charge in [-0.05, 0) is 0 Å². The Morgan fingerprint density at radius 3 is 2.29 bits per heavy atom. The van der Waals surface area contributed by atoms with E-state index in [9.17, 15) is 33.9 Å². The summed E-state index contributed by atoms with van der Waals surface area (Å²) >= 11 is 0. The predicted octanol–water partition coefficient (Wildman–Crippen LogP) is -2.32. The maximum absolute atomic E-state index is 13.4. The van der Waals surface area contributed by atoms with Gasteiger partial charge >= 0.3 is 15.6 Å². The van der Waals surface area contributed by atoms with Crippen LogP contribution in [0.25, 0.3) is 22.3 Å². The molecule has 4 aromatic rings. The van der Waals surface area contributed by atoms with Gasteiger partial charge in [0.25, 0.3) is 5.56 Å². The second-order valence-corrected chi connectivity index (χ2v) is 13.5. The highest BCUT2D eigenvalue weighted by molar-refractivity contribution is 7.47. The fourth-order valence-corrected chi connectivity index (χ4v) is 7.53. The fraction of sp³-hybridized carbons (Fsp3) is 0.545. The van der Waals surface area contributed by atoms with Gasteiger partial charge in [-0.3, -0.25) is 37.0 Å². The van der Waals surface area contributed by atoms with E-state index in [4.69, 9.17) is 43.8 Å². The number of nitrogens with one attached hydrogen (secondary N) is 1. The predicted molar refractivity (Wildman–Crippen MR) is 154 cm³/mol. The number of H-pyrrole nitrogens is 1. The smallest absolute Gasteiger partial charge is 0.394 e. The van der Waals surface area contributed by atoms with Gasteiger partial charge < -0.3 is 45.7 Å². The Kier molecular flexibility index (Phi) is 8.56. The molecule has 4 aromatic heterocycles. The summed E-state index contributed by atoms with van der Waals surface area (Å²) in [6.45, 7) is -2.37. The molecule has 10 unspecified atom stereocenters. The van der Waals surface area contributed by atoms with Crippen molar-refractivity contribution in [1.82, 2.24) is 39.0 Å². The van der Waals surface area contributed by atoms with E-state index in [0.29, 0.717) is 0 Å². The van der Waals surface area contributed by atoms with Crippen molar-refractivity contribution in [2.75, 3.05) is 37.9 Å². The molecule has 0 amide bonds. The van der Waals surface area contributed by atoms with Crippen molar-refractivity contribution in [2.45, 2.75) is 49.1 Å². The summed E-state index contributed by atoms with van der Waals surface area (Å²) in [5.41, 5.74) is 11.0. The topological polar surface area (TPSA) is 339 Å². The van der Waals surface area contributed by atoms with Gasteiger partial charge in [-0.1, -0.05) is 0 Å². The lowest BCUT2D eigenvalue weighted by atomic mass is 10.1. The first-order valence-corrected chi connectivity index (χ1v) is 17.0. The van der Waals surface area contributed by atoms with Crippen LogP contribution >= 0.6 is 15.6 Å². The number of nitrogens with zero attached hydrogens (tertiary/aromatic N) is 7. The summed E-state index contributed by atoms with van der Waals surface area (Å²) in [6.07, 6.45) is -8.42. The van der Waals surface area contributed by atoms with Gasteiger partial charge in [0, 0.05) is 0 Å². The number of rotatable bonds is 5. The number of fused-ring (bicyclic) bond motifs is 5. The van der Waals surface area contributed by atoms with Gasteiger partial charge in [-0.25, -0.2) is 29.1 Å². The minimum absolute atomic E-state index is 0.0467. The van der Waals surface area contributed by atoms with E-state index in [1.165, 1.54) is 17.2 Å². The Morgan fingerprint density at radius 2 is 1.56 bits per heavy atom. The first kappa shape index (κ1) is 33.0. The summed E-state index contributed by atoms with van der Waals surface area (Å²) < 4.78 is 68.2.